The highest BCUT2D eigenvalue weighted by atomic mass is 35.5. The summed E-state index contributed by atoms with van der Waals surface area (Å²) in [5.41, 5.74) is 0.314. The first-order chi connectivity index (χ1) is 14.8. The SMILES string of the molecule is CN(C)[C@@H]1CCCCC[C@H]1Nc1cc(F)c(S(=O)(=O)N(OC=O)c2nccs2)cc1Cl. The molecule has 1 aliphatic rings. The van der Waals surface area contributed by atoms with E-state index in [-0.39, 0.29) is 33.2 Å². The smallest absolute Gasteiger partial charge is 0.322 e. The Kier molecular flexibility index (Phi) is 7.73. The maximum absolute atomic E-state index is 15.0. The van der Waals surface area contributed by atoms with Gasteiger partial charge in [-0.1, -0.05) is 35.3 Å². The number of hydrogen-bond acceptors (Lipinski definition) is 8. The van der Waals surface area contributed by atoms with Crippen LogP contribution in [-0.2, 0) is 19.7 Å². The van der Waals surface area contributed by atoms with Crippen LogP contribution in [0.5, 0.6) is 0 Å². The molecule has 2 atom stereocenters. The van der Waals surface area contributed by atoms with Crippen LogP contribution in [0.1, 0.15) is 32.1 Å². The molecule has 0 unspecified atom stereocenters. The van der Waals surface area contributed by atoms with Crippen molar-refractivity contribution in [2.24, 2.45) is 0 Å². The monoisotopic (exact) mass is 490 g/mol. The number of carbonyl (C=O) groups is 1. The molecular weight excluding hydrogens is 467 g/mol. The minimum Gasteiger partial charge on any atom is -0.379 e. The van der Waals surface area contributed by atoms with Gasteiger partial charge in [-0.2, -0.15) is 8.42 Å². The number of nitrogens with zero attached hydrogens (tertiary/aromatic N) is 3. The molecule has 1 aromatic heterocycles. The van der Waals surface area contributed by atoms with Crippen LogP contribution in [0.15, 0.2) is 28.6 Å². The van der Waals surface area contributed by atoms with Crippen LogP contribution in [0, 0.1) is 5.82 Å². The molecule has 0 bridgehead atoms. The van der Waals surface area contributed by atoms with Crippen LogP contribution < -0.4 is 9.79 Å². The maximum Gasteiger partial charge on any atom is 0.322 e. The van der Waals surface area contributed by atoms with Gasteiger partial charge in [0.1, 0.15) is 10.7 Å². The van der Waals surface area contributed by atoms with Crippen molar-refractivity contribution in [3.05, 3.63) is 34.5 Å². The molecule has 0 amide bonds. The number of carbonyl (C=O) groups excluding carboxylic acids is 1. The highest BCUT2D eigenvalue weighted by molar-refractivity contribution is 7.92. The number of thiazole rings is 1. The number of aromatic nitrogens is 1. The zero-order chi connectivity index (χ0) is 22.6. The minimum atomic E-state index is -4.59. The van der Waals surface area contributed by atoms with Gasteiger partial charge in [0.05, 0.1) is 10.7 Å². The maximum atomic E-state index is 15.0. The molecule has 0 aliphatic heterocycles. The molecule has 12 heteroatoms. The van der Waals surface area contributed by atoms with E-state index in [9.17, 15) is 17.6 Å². The number of rotatable bonds is 8. The van der Waals surface area contributed by atoms with E-state index in [1.165, 1.54) is 11.6 Å². The fraction of sp³-hybridized carbons (Fsp3) is 0.474. The Bertz CT molecular complexity index is 1000. The van der Waals surface area contributed by atoms with E-state index in [4.69, 9.17) is 11.6 Å². The largest absolute Gasteiger partial charge is 0.379 e. The van der Waals surface area contributed by atoms with Gasteiger partial charge in [-0.25, -0.2) is 9.37 Å². The van der Waals surface area contributed by atoms with Crippen LogP contribution in [0.2, 0.25) is 5.02 Å². The van der Waals surface area contributed by atoms with Crippen LogP contribution >= 0.6 is 22.9 Å². The van der Waals surface area contributed by atoms with Crippen molar-refractivity contribution in [3.8, 4) is 0 Å². The summed E-state index contributed by atoms with van der Waals surface area (Å²) in [6.45, 7) is -0.0676. The fourth-order valence-electron chi connectivity index (χ4n) is 3.75. The van der Waals surface area contributed by atoms with Crippen molar-refractivity contribution >= 4 is 50.3 Å². The van der Waals surface area contributed by atoms with Gasteiger partial charge in [-0.3, -0.25) is 4.79 Å². The molecule has 1 aliphatic carbocycles. The lowest BCUT2D eigenvalue weighted by atomic mass is 10.0. The molecular formula is C19H24ClFN4O4S2. The van der Waals surface area contributed by atoms with Gasteiger partial charge in [0.25, 0.3) is 0 Å². The summed E-state index contributed by atoms with van der Waals surface area (Å²) in [6, 6.07) is 2.37. The van der Waals surface area contributed by atoms with E-state index in [2.05, 4.69) is 20.0 Å². The van der Waals surface area contributed by atoms with E-state index in [0.717, 1.165) is 55.6 Å². The number of likely N-dealkylation sites (N-methyl/N-ethyl adjacent to an activating group) is 1. The minimum absolute atomic E-state index is 0.0436. The highest BCUT2D eigenvalue weighted by Gasteiger charge is 2.33. The molecule has 31 heavy (non-hydrogen) atoms. The molecule has 1 heterocycles. The topological polar surface area (TPSA) is 91.8 Å². The van der Waals surface area contributed by atoms with Gasteiger partial charge in [0.2, 0.25) is 5.13 Å². The Morgan fingerprint density at radius 1 is 1.29 bits per heavy atom. The lowest BCUT2D eigenvalue weighted by molar-refractivity contribution is -0.128. The van der Waals surface area contributed by atoms with Crippen molar-refractivity contribution in [1.29, 1.82) is 0 Å². The molecule has 8 nitrogen and oxygen atoms in total. The third-order valence-corrected chi connectivity index (χ3v) is 7.95. The fourth-order valence-corrected chi connectivity index (χ4v) is 6.10. The molecule has 1 N–H and O–H groups in total. The van der Waals surface area contributed by atoms with E-state index in [1.54, 1.807) is 0 Å². The van der Waals surface area contributed by atoms with Gasteiger partial charge >= 0.3 is 16.5 Å². The average molecular weight is 491 g/mol. The third kappa shape index (κ3) is 5.28. The zero-order valence-corrected chi connectivity index (χ0v) is 19.5. The number of halogens is 2. The lowest BCUT2D eigenvalue weighted by Gasteiger charge is -2.32. The summed E-state index contributed by atoms with van der Waals surface area (Å²) < 4.78 is 41.2. The molecule has 3 rings (SSSR count). The van der Waals surface area contributed by atoms with Crippen molar-refractivity contribution in [2.75, 3.05) is 23.9 Å². The van der Waals surface area contributed by atoms with Crippen LogP contribution in [0.3, 0.4) is 0 Å². The second-order valence-electron chi connectivity index (χ2n) is 7.43. The standard InChI is InChI=1S/C19H24ClFN4O4S2/c1-24(2)17-7-5-3-4-6-15(17)23-16-11-14(21)18(10-13(16)20)31(27,28)25(29-12-26)19-22-8-9-30-19/h8-12,15,17,23H,3-7H2,1-2H3/t15-,17-/m1/s1. The zero-order valence-electron chi connectivity index (χ0n) is 17.1. The first-order valence-electron chi connectivity index (χ1n) is 9.73. The second kappa shape index (κ2) is 10.1. The van der Waals surface area contributed by atoms with Crippen LogP contribution in [-0.4, -0.2) is 51.0 Å². The number of benzene rings is 1. The Morgan fingerprint density at radius 2 is 2.03 bits per heavy atom. The number of nitrogens with one attached hydrogen (secondary N) is 1. The quantitative estimate of drug-likeness (QED) is 0.341. The van der Waals surface area contributed by atoms with E-state index in [1.807, 2.05) is 14.1 Å². The Balaban J connectivity index is 1.93. The summed E-state index contributed by atoms with van der Waals surface area (Å²) in [4.78, 5) is 20.7. The summed E-state index contributed by atoms with van der Waals surface area (Å²) in [7, 11) is -0.581. The van der Waals surface area contributed by atoms with Crippen molar-refractivity contribution < 1.29 is 22.4 Å². The van der Waals surface area contributed by atoms with Gasteiger partial charge < -0.3 is 15.1 Å². The Morgan fingerprint density at radius 3 is 2.68 bits per heavy atom. The highest BCUT2D eigenvalue weighted by Crippen LogP contribution is 2.34. The molecule has 1 aromatic carbocycles. The average Bonchev–Trinajstić information content (AvgIpc) is 3.13. The predicted molar refractivity (Wildman–Crippen MR) is 118 cm³/mol. The second-order valence-corrected chi connectivity index (χ2v) is 10.4. The van der Waals surface area contributed by atoms with E-state index < -0.39 is 20.7 Å². The predicted octanol–water partition coefficient (Wildman–Crippen LogP) is 3.89. The molecule has 0 spiro atoms. The molecule has 1 fully saturated rings. The van der Waals surface area contributed by atoms with Crippen LogP contribution in [0.4, 0.5) is 15.2 Å². The van der Waals surface area contributed by atoms with Crippen molar-refractivity contribution in [3.63, 3.8) is 0 Å². The van der Waals surface area contributed by atoms with Crippen molar-refractivity contribution in [1.82, 2.24) is 9.88 Å². The molecule has 2 aromatic rings. The first kappa shape index (κ1) is 23.7. The lowest BCUT2D eigenvalue weighted by Crippen LogP contribution is -2.42. The van der Waals surface area contributed by atoms with E-state index in [0.29, 0.717) is 5.69 Å². The van der Waals surface area contributed by atoms with E-state index >= 15 is 0 Å². The number of hydrogen-bond donors (Lipinski definition) is 1. The Hall–Kier alpha value is -1.95. The van der Waals surface area contributed by atoms with Gasteiger partial charge in [-0.15, -0.1) is 11.3 Å². The van der Waals surface area contributed by atoms with Crippen molar-refractivity contribution in [2.45, 2.75) is 49.1 Å². The number of sulfonamides is 1. The summed E-state index contributed by atoms with van der Waals surface area (Å²) in [6.07, 6.45) is 6.52. The van der Waals surface area contributed by atoms with Gasteiger partial charge in [0, 0.05) is 23.7 Å². The summed E-state index contributed by atoms with van der Waals surface area (Å²) >= 11 is 7.27. The third-order valence-electron chi connectivity index (χ3n) is 5.22. The summed E-state index contributed by atoms with van der Waals surface area (Å²) in [5, 5.41) is 4.71. The van der Waals surface area contributed by atoms with Gasteiger partial charge in [0.15, 0.2) is 0 Å². The molecule has 0 saturated heterocycles. The summed E-state index contributed by atoms with van der Waals surface area (Å²) in [5.74, 6) is -1.02. The molecule has 170 valence electrons. The first-order valence-corrected chi connectivity index (χ1v) is 12.4. The normalized spacial score (nSPS) is 19.6. The van der Waals surface area contributed by atoms with Crippen LogP contribution in [0.25, 0.3) is 0 Å². The van der Waals surface area contributed by atoms with Gasteiger partial charge in [-0.05, 0) is 39.1 Å². The molecule has 0 radical (unpaired) electrons. The number of anilines is 2. The molecule has 1 saturated carbocycles. The Labute approximate surface area is 190 Å².